The molecule has 0 saturated carbocycles. The number of rotatable bonds is 12. The van der Waals surface area contributed by atoms with Crippen LogP contribution in [0.4, 0.5) is 0 Å². The highest BCUT2D eigenvalue weighted by molar-refractivity contribution is 9.10. The second-order valence-electron chi connectivity index (χ2n) is 8.90. The summed E-state index contributed by atoms with van der Waals surface area (Å²) in [6.45, 7) is 4.33. The first-order valence-electron chi connectivity index (χ1n) is 12.2. The summed E-state index contributed by atoms with van der Waals surface area (Å²) >= 11 is 17.3. The third kappa shape index (κ3) is 9.36. The van der Waals surface area contributed by atoms with E-state index >= 15 is 0 Å². The minimum Gasteiger partial charge on any atom is -0.352 e. The molecule has 3 aromatic rings. The van der Waals surface area contributed by atoms with Crippen molar-refractivity contribution in [2.75, 3.05) is 5.75 Å². The number of nitrogens with zero attached hydrogens (tertiary/aromatic N) is 1. The minimum absolute atomic E-state index is 0.00927. The van der Waals surface area contributed by atoms with E-state index in [0.717, 1.165) is 27.6 Å². The number of amides is 2. The Kier molecular flexibility index (Phi) is 11.8. The highest BCUT2D eigenvalue weighted by atomic mass is 79.9. The van der Waals surface area contributed by atoms with Crippen LogP contribution in [-0.4, -0.2) is 34.6 Å². The van der Waals surface area contributed by atoms with Gasteiger partial charge in [-0.25, -0.2) is 0 Å². The standard InChI is InChI=1S/C29H31BrCl2N2O2S/c1-3-20(2)33-29(36)27(15-21-8-5-4-6-9-21)34(17-22-10-7-11-24(30)14-22)28(35)19-37-18-23-12-13-25(31)16-26(23)32/h4-14,16,20,27H,3,15,17-19H2,1-2H3,(H,33,36). The molecule has 2 unspecified atom stereocenters. The van der Waals surface area contributed by atoms with Crippen LogP contribution in [0.5, 0.6) is 0 Å². The van der Waals surface area contributed by atoms with Crippen molar-refractivity contribution in [3.05, 3.63) is 104 Å². The summed E-state index contributed by atoms with van der Waals surface area (Å²) in [5.41, 5.74) is 2.86. The van der Waals surface area contributed by atoms with Gasteiger partial charge < -0.3 is 10.2 Å². The van der Waals surface area contributed by atoms with Crippen LogP contribution in [0.25, 0.3) is 0 Å². The van der Waals surface area contributed by atoms with Crippen molar-refractivity contribution in [3.63, 3.8) is 0 Å². The van der Waals surface area contributed by atoms with Gasteiger partial charge in [-0.15, -0.1) is 11.8 Å². The zero-order chi connectivity index (χ0) is 26.8. The van der Waals surface area contributed by atoms with E-state index in [4.69, 9.17) is 23.2 Å². The fourth-order valence-corrected chi connectivity index (χ4v) is 5.71. The molecule has 2 amide bonds. The number of thioether (sulfide) groups is 1. The van der Waals surface area contributed by atoms with Crippen molar-refractivity contribution in [3.8, 4) is 0 Å². The van der Waals surface area contributed by atoms with E-state index in [0.29, 0.717) is 28.8 Å². The van der Waals surface area contributed by atoms with E-state index in [1.807, 2.05) is 74.5 Å². The van der Waals surface area contributed by atoms with Crippen LogP contribution in [0.1, 0.15) is 37.0 Å². The second-order valence-corrected chi connectivity index (χ2v) is 11.6. The molecule has 8 heteroatoms. The maximum Gasteiger partial charge on any atom is 0.243 e. The zero-order valence-electron chi connectivity index (χ0n) is 20.9. The highest BCUT2D eigenvalue weighted by Gasteiger charge is 2.31. The fourth-order valence-electron chi connectivity index (χ4n) is 3.80. The molecular formula is C29H31BrCl2N2O2S. The van der Waals surface area contributed by atoms with Gasteiger partial charge in [-0.1, -0.05) is 94.6 Å². The topological polar surface area (TPSA) is 49.4 Å². The Hall–Kier alpha value is -1.99. The summed E-state index contributed by atoms with van der Waals surface area (Å²) in [4.78, 5) is 29.0. The van der Waals surface area contributed by atoms with Crippen LogP contribution < -0.4 is 5.32 Å². The molecule has 0 heterocycles. The van der Waals surface area contributed by atoms with E-state index < -0.39 is 6.04 Å². The van der Waals surface area contributed by atoms with Gasteiger partial charge >= 0.3 is 0 Å². The van der Waals surface area contributed by atoms with Gasteiger partial charge in [0.05, 0.1) is 5.75 Å². The number of nitrogens with one attached hydrogen (secondary N) is 1. The number of hydrogen-bond acceptors (Lipinski definition) is 3. The van der Waals surface area contributed by atoms with Crippen molar-refractivity contribution >= 4 is 62.7 Å². The number of carbonyl (C=O) groups excluding carboxylic acids is 2. The maximum absolute atomic E-state index is 13.7. The van der Waals surface area contributed by atoms with Gasteiger partial charge in [0.25, 0.3) is 0 Å². The van der Waals surface area contributed by atoms with E-state index in [9.17, 15) is 9.59 Å². The lowest BCUT2D eigenvalue weighted by molar-refractivity contribution is -0.139. The molecule has 3 rings (SSSR count). The number of carbonyl (C=O) groups is 2. The molecule has 0 bridgehead atoms. The minimum atomic E-state index is -0.650. The molecule has 0 aliphatic carbocycles. The monoisotopic (exact) mass is 620 g/mol. The summed E-state index contributed by atoms with van der Waals surface area (Å²) in [7, 11) is 0. The molecule has 4 nitrogen and oxygen atoms in total. The average molecular weight is 622 g/mol. The summed E-state index contributed by atoms with van der Waals surface area (Å²) in [5.74, 6) is 0.534. The maximum atomic E-state index is 13.7. The van der Waals surface area contributed by atoms with Crippen molar-refractivity contribution < 1.29 is 9.59 Å². The zero-order valence-corrected chi connectivity index (χ0v) is 24.8. The summed E-state index contributed by atoms with van der Waals surface area (Å²) in [6, 6.07) is 22.4. The summed E-state index contributed by atoms with van der Waals surface area (Å²) < 4.78 is 0.924. The van der Waals surface area contributed by atoms with Crippen molar-refractivity contribution in [2.24, 2.45) is 0 Å². The van der Waals surface area contributed by atoms with E-state index in [2.05, 4.69) is 21.2 Å². The average Bonchev–Trinajstić information content (AvgIpc) is 2.87. The first-order chi connectivity index (χ1) is 17.8. The molecule has 0 aromatic heterocycles. The first kappa shape index (κ1) is 29.6. The van der Waals surface area contributed by atoms with Gasteiger partial charge in [-0.3, -0.25) is 9.59 Å². The Morgan fingerprint density at radius 3 is 2.41 bits per heavy atom. The molecule has 0 aliphatic heterocycles. The fraction of sp³-hybridized carbons (Fsp3) is 0.310. The SMILES string of the molecule is CCC(C)NC(=O)C(Cc1ccccc1)N(Cc1cccc(Br)c1)C(=O)CSCc1ccc(Cl)cc1Cl. The molecule has 196 valence electrons. The first-order valence-corrected chi connectivity index (χ1v) is 14.9. The summed E-state index contributed by atoms with van der Waals surface area (Å²) in [5, 5.41) is 4.25. The second kappa shape index (κ2) is 14.8. The van der Waals surface area contributed by atoms with Crippen LogP contribution in [0.2, 0.25) is 10.0 Å². The van der Waals surface area contributed by atoms with E-state index in [1.54, 1.807) is 17.0 Å². The smallest absolute Gasteiger partial charge is 0.243 e. The van der Waals surface area contributed by atoms with E-state index in [-0.39, 0.29) is 23.6 Å². The Bertz CT molecular complexity index is 1200. The molecule has 0 aliphatic rings. The summed E-state index contributed by atoms with van der Waals surface area (Å²) in [6.07, 6.45) is 1.23. The number of halogens is 3. The lowest BCUT2D eigenvalue weighted by Gasteiger charge is -2.32. The molecule has 0 spiro atoms. The predicted molar refractivity (Wildman–Crippen MR) is 159 cm³/mol. The quantitative estimate of drug-likeness (QED) is 0.227. The Morgan fingerprint density at radius 1 is 1.00 bits per heavy atom. The van der Waals surface area contributed by atoms with Crippen LogP contribution in [0.15, 0.2) is 77.3 Å². The van der Waals surface area contributed by atoms with Gasteiger partial charge in [0, 0.05) is 39.3 Å². The van der Waals surface area contributed by atoms with Crippen molar-refractivity contribution in [1.82, 2.24) is 10.2 Å². The largest absolute Gasteiger partial charge is 0.352 e. The molecule has 37 heavy (non-hydrogen) atoms. The van der Waals surface area contributed by atoms with Crippen molar-refractivity contribution in [2.45, 2.75) is 51.1 Å². The lowest BCUT2D eigenvalue weighted by atomic mass is 10.0. The molecule has 1 N–H and O–H groups in total. The Labute approximate surface area is 242 Å². The van der Waals surface area contributed by atoms with Gasteiger partial charge in [-0.05, 0) is 54.3 Å². The Morgan fingerprint density at radius 2 is 1.73 bits per heavy atom. The molecule has 0 saturated heterocycles. The van der Waals surface area contributed by atoms with Gasteiger partial charge in [0.15, 0.2) is 0 Å². The molecule has 0 fully saturated rings. The molecule has 3 aromatic carbocycles. The molecular weight excluding hydrogens is 591 g/mol. The van der Waals surface area contributed by atoms with Crippen LogP contribution in [0, 0.1) is 0 Å². The lowest BCUT2D eigenvalue weighted by Crippen LogP contribution is -2.52. The highest BCUT2D eigenvalue weighted by Crippen LogP contribution is 2.26. The van der Waals surface area contributed by atoms with Gasteiger partial charge in [-0.2, -0.15) is 0 Å². The van der Waals surface area contributed by atoms with Crippen LogP contribution >= 0.6 is 50.9 Å². The third-order valence-electron chi connectivity index (χ3n) is 6.01. The van der Waals surface area contributed by atoms with Crippen LogP contribution in [-0.2, 0) is 28.3 Å². The third-order valence-corrected chi connectivity index (χ3v) is 8.06. The molecule has 2 atom stereocenters. The number of hydrogen-bond donors (Lipinski definition) is 1. The number of benzene rings is 3. The Balaban J connectivity index is 1.86. The van der Waals surface area contributed by atoms with Gasteiger partial charge in [0.2, 0.25) is 11.8 Å². The van der Waals surface area contributed by atoms with Crippen LogP contribution in [0.3, 0.4) is 0 Å². The molecule has 0 radical (unpaired) electrons. The van der Waals surface area contributed by atoms with Crippen molar-refractivity contribution in [1.29, 1.82) is 0 Å². The van der Waals surface area contributed by atoms with E-state index in [1.165, 1.54) is 11.8 Å². The van der Waals surface area contributed by atoms with Gasteiger partial charge in [0.1, 0.15) is 6.04 Å². The predicted octanol–water partition coefficient (Wildman–Crippen LogP) is 7.54. The normalized spacial score (nSPS) is 12.6.